The van der Waals surface area contributed by atoms with Crippen molar-refractivity contribution >= 4 is 30.2 Å². The second kappa shape index (κ2) is 6.80. The zero-order valence-corrected chi connectivity index (χ0v) is 8.85. The predicted octanol–water partition coefficient (Wildman–Crippen LogP) is 2.65. The molecule has 4 heteroatoms. The Morgan fingerprint density at radius 2 is 2.15 bits per heavy atom. The first-order valence-electron chi connectivity index (χ1n) is 3.61. The average Bonchev–Trinajstić information content (AvgIpc) is 2.05. The molecule has 1 aromatic rings. The molecule has 0 atom stereocenters. The molecule has 0 aliphatic heterocycles. The fourth-order valence-corrected chi connectivity index (χ4v) is 0.850. The minimum atomic E-state index is -0.881. The SMILES string of the molecule is Cc1cccc(Cl)c1.O=C(O)CS. The lowest BCUT2D eigenvalue weighted by Crippen LogP contribution is -1.92. The molecule has 1 rings (SSSR count). The Bertz CT molecular complexity index is 259. The van der Waals surface area contributed by atoms with Gasteiger partial charge in [0.05, 0.1) is 5.75 Å². The second-order valence-electron chi connectivity index (χ2n) is 2.35. The molecule has 0 unspecified atom stereocenters. The maximum atomic E-state index is 9.29. The quantitative estimate of drug-likeness (QED) is 0.712. The fraction of sp³-hybridized carbons (Fsp3) is 0.222. The van der Waals surface area contributed by atoms with E-state index in [1.807, 2.05) is 31.2 Å². The molecule has 0 aliphatic rings. The Hall–Kier alpha value is -0.670. The van der Waals surface area contributed by atoms with Crippen molar-refractivity contribution in [1.29, 1.82) is 0 Å². The number of thiol groups is 1. The van der Waals surface area contributed by atoms with Gasteiger partial charge in [0.2, 0.25) is 0 Å². The van der Waals surface area contributed by atoms with Crippen LogP contribution in [0.4, 0.5) is 0 Å². The van der Waals surface area contributed by atoms with Gasteiger partial charge < -0.3 is 5.11 Å². The summed E-state index contributed by atoms with van der Waals surface area (Å²) in [6.45, 7) is 2.02. The first-order chi connectivity index (χ1) is 6.06. The van der Waals surface area contributed by atoms with Gasteiger partial charge in [0.25, 0.3) is 0 Å². The van der Waals surface area contributed by atoms with Crippen molar-refractivity contribution in [3.8, 4) is 0 Å². The molecule has 1 aromatic carbocycles. The van der Waals surface area contributed by atoms with E-state index in [-0.39, 0.29) is 5.75 Å². The molecule has 1 N–H and O–H groups in total. The Labute approximate surface area is 87.9 Å². The van der Waals surface area contributed by atoms with Gasteiger partial charge >= 0.3 is 5.97 Å². The van der Waals surface area contributed by atoms with Crippen LogP contribution in [0.25, 0.3) is 0 Å². The lowest BCUT2D eigenvalue weighted by atomic mass is 10.2. The Kier molecular flexibility index (Phi) is 6.45. The van der Waals surface area contributed by atoms with Crippen LogP contribution in [0.2, 0.25) is 5.02 Å². The molecule has 0 aliphatic carbocycles. The van der Waals surface area contributed by atoms with Gasteiger partial charge in [-0.3, -0.25) is 4.79 Å². The van der Waals surface area contributed by atoms with Crippen LogP contribution in [0.15, 0.2) is 24.3 Å². The van der Waals surface area contributed by atoms with Crippen LogP contribution in [0.5, 0.6) is 0 Å². The normalized spacial score (nSPS) is 8.54. The van der Waals surface area contributed by atoms with Crippen molar-refractivity contribution in [3.63, 3.8) is 0 Å². The highest BCUT2D eigenvalue weighted by Gasteiger charge is 1.83. The van der Waals surface area contributed by atoms with Crippen LogP contribution in [0.3, 0.4) is 0 Å². The lowest BCUT2D eigenvalue weighted by molar-refractivity contribution is -0.133. The Morgan fingerprint density at radius 3 is 2.38 bits per heavy atom. The number of aryl methyl sites for hydroxylation is 1. The van der Waals surface area contributed by atoms with Crippen LogP contribution in [-0.2, 0) is 4.79 Å². The summed E-state index contributed by atoms with van der Waals surface area (Å²) in [6, 6.07) is 7.76. The molecule has 0 spiro atoms. The summed E-state index contributed by atoms with van der Waals surface area (Å²) < 4.78 is 0. The topological polar surface area (TPSA) is 37.3 Å². The van der Waals surface area contributed by atoms with Crippen LogP contribution in [0.1, 0.15) is 5.56 Å². The summed E-state index contributed by atoms with van der Waals surface area (Å²) in [5.74, 6) is -0.965. The molecule has 72 valence electrons. The molecule has 0 heterocycles. The number of hydrogen-bond acceptors (Lipinski definition) is 2. The van der Waals surface area contributed by atoms with Crippen molar-refractivity contribution in [3.05, 3.63) is 34.9 Å². The maximum absolute atomic E-state index is 9.29. The summed E-state index contributed by atoms with van der Waals surface area (Å²) in [6.07, 6.45) is 0. The highest BCUT2D eigenvalue weighted by molar-refractivity contribution is 7.81. The van der Waals surface area contributed by atoms with Gasteiger partial charge in [-0.2, -0.15) is 12.6 Å². The van der Waals surface area contributed by atoms with Crippen LogP contribution >= 0.6 is 24.2 Å². The second-order valence-corrected chi connectivity index (χ2v) is 3.10. The van der Waals surface area contributed by atoms with E-state index < -0.39 is 5.97 Å². The molecule has 0 radical (unpaired) electrons. The number of hydrogen-bond donors (Lipinski definition) is 2. The first-order valence-corrected chi connectivity index (χ1v) is 4.62. The van der Waals surface area contributed by atoms with Gasteiger partial charge in [-0.05, 0) is 24.6 Å². The number of benzene rings is 1. The van der Waals surface area contributed by atoms with E-state index in [1.54, 1.807) is 0 Å². The van der Waals surface area contributed by atoms with Gasteiger partial charge in [-0.25, -0.2) is 0 Å². The zero-order valence-electron chi connectivity index (χ0n) is 7.20. The third-order valence-corrected chi connectivity index (χ3v) is 1.62. The van der Waals surface area contributed by atoms with E-state index in [1.165, 1.54) is 5.56 Å². The lowest BCUT2D eigenvalue weighted by Gasteiger charge is -1.88. The van der Waals surface area contributed by atoms with Crippen LogP contribution < -0.4 is 0 Å². The number of carboxylic acids is 1. The van der Waals surface area contributed by atoms with Gasteiger partial charge in [0.1, 0.15) is 0 Å². The minimum absolute atomic E-state index is 0.0833. The smallest absolute Gasteiger partial charge is 0.313 e. The molecule has 0 aromatic heterocycles. The number of rotatable bonds is 1. The molecule has 0 bridgehead atoms. The highest BCUT2D eigenvalue weighted by Crippen LogP contribution is 2.08. The standard InChI is InChI=1S/C7H7Cl.C2H4O2S/c1-6-3-2-4-7(8)5-6;3-2(4)1-5/h2-5H,1H3;5H,1H2,(H,3,4). The van der Waals surface area contributed by atoms with Crippen molar-refractivity contribution in [2.45, 2.75) is 6.92 Å². The number of carbonyl (C=O) groups is 1. The average molecular weight is 219 g/mol. The summed E-state index contributed by atoms with van der Waals surface area (Å²) in [5.41, 5.74) is 1.21. The third kappa shape index (κ3) is 7.68. The van der Waals surface area contributed by atoms with Gasteiger partial charge in [-0.15, -0.1) is 0 Å². The van der Waals surface area contributed by atoms with Gasteiger partial charge in [0.15, 0.2) is 0 Å². The van der Waals surface area contributed by atoms with Crippen LogP contribution in [0, 0.1) is 6.92 Å². The van der Waals surface area contributed by atoms with Crippen molar-refractivity contribution in [2.24, 2.45) is 0 Å². The molecule has 0 saturated heterocycles. The van der Waals surface area contributed by atoms with Crippen molar-refractivity contribution < 1.29 is 9.90 Å². The summed E-state index contributed by atoms with van der Waals surface area (Å²) in [4.78, 5) is 9.29. The zero-order chi connectivity index (χ0) is 10.3. The summed E-state index contributed by atoms with van der Waals surface area (Å²) in [5, 5.41) is 8.46. The molecule has 13 heavy (non-hydrogen) atoms. The van der Waals surface area contributed by atoms with E-state index in [2.05, 4.69) is 12.6 Å². The monoisotopic (exact) mass is 218 g/mol. The number of carboxylic acid groups (broad SMARTS) is 1. The van der Waals surface area contributed by atoms with Gasteiger partial charge in [-0.1, -0.05) is 23.7 Å². The molecular weight excluding hydrogens is 208 g/mol. The van der Waals surface area contributed by atoms with E-state index >= 15 is 0 Å². The van der Waals surface area contributed by atoms with E-state index in [0.717, 1.165) is 5.02 Å². The van der Waals surface area contributed by atoms with E-state index in [0.29, 0.717) is 0 Å². The molecule has 2 nitrogen and oxygen atoms in total. The molecular formula is C9H11ClO2S. The molecule has 0 amide bonds. The third-order valence-electron chi connectivity index (χ3n) is 1.12. The van der Waals surface area contributed by atoms with Crippen LogP contribution in [-0.4, -0.2) is 16.8 Å². The van der Waals surface area contributed by atoms with Gasteiger partial charge in [0, 0.05) is 5.02 Å². The predicted molar refractivity (Wildman–Crippen MR) is 57.7 cm³/mol. The van der Waals surface area contributed by atoms with Crippen molar-refractivity contribution in [1.82, 2.24) is 0 Å². The summed E-state index contributed by atoms with van der Waals surface area (Å²) in [7, 11) is 0. The molecule has 0 fully saturated rings. The van der Waals surface area contributed by atoms with E-state index in [4.69, 9.17) is 16.7 Å². The molecule has 0 saturated carbocycles. The largest absolute Gasteiger partial charge is 0.481 e. The van der Waals surface area contributed by atoms with Crippen molar-refractivity contribution in [2.75, 3.05) is 5.75 Å². The fourth-order valence-electron chi connectivity index (χ4n) is 0.606. The maximum Gasteiger partial charge on any atom is 0.313 e. The Morgan fingerprint density at radius 1 is 1.62 bits per heavy atom. The highest BCUT2D eigenvalue weighted by atomic mass is 35.5. The summed E-state index contributed by atoms with van der Waals surface area (Å²) >= 11 is 9.06. The number of halogens is 1. The first kappa shape index (κ1) is 12.3. The Balaban J connectivity index is 0.000000252. The number of aliphatic carboxylic acids is 1. The minimum Gasteiger partial charge on any atom is -0.481 e. The van der Waals surface area contributed by atoms with E-state index in [9.17, 15) is 4.79 Å².